The summed E-state index contributed by atoms with van der Waals surface area (Å²) in [6.45, 7) is 4.30. The van der Waals surface area contributed by atoms with Gasteiger partial charge >= 0.3 is 0 Å². The van der Waals surface area contributed by atoms with Crippen LogP contribution in [0.3, 0.4) is 0 Å². The Hall–Kier alpha value is -2.17. The minimum Gasteiger partial charge on any atom is -0.324 e. The van der Waals surface area contributed by atoms with Gasteiger partial charge in [-0.3, -0.25) is 4.79 Å². The summed E-state index contributed by atoms with van der Waals surface area (Å²) in [5, 5.41) is 4.02. The van der Waals surface area contributed by atoms with Crippen molar-refractivity contribution in [3.8, 4) is 0 Å². The second-order valence-corrected chi connectivity index (χ2v) is 9.09. The van der Waals surface area contributed by atoms with E-state index in [2.05, 4.69) is 19.2 Å². The Morgan fingerprint density at radius 1 is 1.11 bits per heavy atom. The number of anilines is 1. The van der Waals surface area contributed by atoms with E-state index in [1.54, 1.807) is 18.2 Å². The molecule has 1 heterocycles. The molecule has 28 heavy (non-hydrogen) atoms. The number of hydrogen-bond acceptors (Lipinski definition) is 3. The fourth-order valence-electron chi connectivity index (χ4n) is 5.15. The molecule has 1 aromatic heterocycles. The lowest BCUT2D eigenvalue weighted by molar-refractivity contribution is -0.124. The summed E-state index contributed by atoms with van der Waals surface area (Å²) in [6.07, 6.45) is 1.67. The third-order valence-corrected chi connectivity index (χ3v) is 7.24. The summed E-state index contributed by atoms with van der Waals surface area (Å²) in [7, 11) is 0. The molecule has 2 aliphatic rings. The average Bonchev–Trinajstić information content (AvgIpc) is 3.04. The van der Waals surface area contributed by atoms with Gasteiger partial charge in [0.2, 0.25) is 5.91 Å². The molecule has 0 saturated heterocycles. The fraction of sp³-hybridized carbons (Fsp3) is 0.318. The lowest BCUT2D eigenvalue weighted by Crippen LogP contribution is -2.46. The van der Waals surface area contributed by atoms with Crippen molar-refractivity contribution in [3.05, 3.63) is 63.9 Å². The van der Waals surface area contributed by atoms with Gasteiger partial charge in [-0.25, -0.2) is 9.97 Å². The highest BCUT2D eigenvalue weighted by Crippen LogP contribution is 2.67. The Kier molecular flexibility index (Phi) is 3.78. The summed E-state index contributed by atoms with van der Waals surface area (Å²) in [5.41, 5.74) is 2.95. The van der Waals surface area contributed by atoms with Gasteiger partial charge in [-0.2, -0.15) is 0 Å². The Labute approximate surface area is 173 Å². The van der Waals surface area contributed by atoms with Crippen molar-refractivity contribution in [2.75, 3.05) is 5.32 Å². The number of para-hydroxylation sites is 2. The van der Waals surface area contributed by atoms with Crippen LogP contribution >= 0.6 is 23.2 Å². The number of amides is 1. The van der Waals surface area contributed by atoms with Crippen molar-refractivity contribution < 1.29 is 4.79 Å². The van der Waals surface area contributed by atoms with Gasteiger partial charge < -0.3 is 5.32 Å². The van der Waals surface area contributed by atoms with E-state index in [1.807, 2.05) is 24.3 Å². The van der Waals surface area contributed by atoms with E-state index in [1.165, 1.54) is 0 Å². The molecule has 2 atom stereocenters. The van der Waals surface area contributed by atoms with E-state index in [0.29, 0.717) is 15.7 Å². The molecule has 2 bridgehead atoms. The molecular formula is C22H19Cl2N3O. The van der Waals surface area contributed by atoms with Crippen molar-refractivity contribution in [2.45, 2.75) is 38.0 Å². The second kappa shape index (κ2) is 5.91. The molecule has 2 aliphatic carbocycles. The molecule has 2 aromatic carbocycles. The highest BCUT2D eigenvalue weighted by Gasteiger charge is 2.67. The van der Waals surface area contributed by atoms with Gasteiger partial charge in [0.05, 0.1) is 38.5 Å². The van der Waals surface area contributed by atoms with Crippen molar-refractivity contribution in [2.24, 2.45) is 5.41 Å². The summed E-state index contributed by atoms with van der Waals surface area (Å²) < 4.78 is 0. The van der Waals surface area contributed by atoms with E-state index in [4.69, 9.17) is 33.2 Å². The maximum atomic E-state index is 13.7. The maximum absolute atomic E-state index is 13.7. The van der Waals surface area contributed by atoms with E-state index in [0.717, 1.165) is 35.3 Å². The van der Waals surface area contributed by atoms with Crippen LogP contribution < -0.4 is 5.32 Å². The number of hydrogen-bond donors (Lipinski definition) is 1. The fourth-order valence-corrected chi connectivity index (χ4v) is 5.49. The van der Waals surface area contributed by atoms with Crippen LogP contribution in [0.4, 0.5) is 5.69 Å². The molecule has 1 saturated carbocycles. The highest BCUT2D eigenvalue weighted by molar-refractivity contribution is 6.35. The first-order valence-corrected chi connectivity index (χ1v) is 10.1. The van der Waals surface area contributed by atoms with Crippen LogP contribution in [-0.2, 0) is 10.2 Å². The van der Waals surface area contributed by atoms with Crippen molar-refractivity contribution in [1.82, 2.24) is 9.97 Å². The van der Waals surface area contributed by atoms with Gasteiger partial charge in [-0.1, -0.05) is 49.2 Å². The molecule has 1 fully saturated rings. The summed E-state index contributed by atoms with van der Waals surface area (Å²) in [5.74, 6) is 0.118. The molecule has 142 valence electrons. The summed E-state index contributed by atoms with van der Waals surface area (Å²) in [4.78, 5) is 23.5. The van der Waals surface area contributed by atoms with Gasteiger partial charge in [-0.15, -0.1) is 0 Å². The average molecular weight is 412 g/mol. The number of fused-ring (bicyclic) bond motifs is 6. The Morgan fingerprint density at radius 2 is 1.82 bits per heavy atom. The highest BCUT2D eigenvalue weighted by atomic mass is 35.5. The van der Waals surface area contributed by atoms with E-state index in [9.17, 15) is 4.79 Å². The number of carbonyl (C=O) groups is 1. The second-order valence-electron chi connectivity index (χ2n) is 8.24. The zero-order valence-corrected chi connectivity index (χ0v) is 17.1. The largest absolute Gasteiger partial charge is 0.324 e. The smallest absolute Gasteiger partial charge is 0.237 e. The summed E-state index contributed by atoms with van der Waals surface area (Å²) >= 11 is 12.4. The SMILES string of the molecule is CC1(C)C2CCC1(C(=O)Nc1cc(Cl)ccc1Cl)c1nc3ccccc3nc12. The number of benzene rings is 2. The number of carbonyl (C=O) groups excluding carboxylic acids is 1. The molecule has 0 spiro atoms. The molecule has 1 amide bonds. The van der Waals surface area contributed by atoms with Crippen LogP contribution in [0.25, 0.3) is 11.0 Å². The molecule has 5 rings (SSSR count). The maximum Gasteiger partial charge on any atom is 0.237 e. The molecule has 3 aromatic rings. The Morgan fingerprint density at radius 3 is 2.57 bits per heavy atom. The predicted octanol–water partition coefficient (Wildman–Crippen LogP) is 5.73. The molecule has 6 heteroatoms. The summed E-state index contributed by atoms with van der Waals surface area (Å²) in [6, 6.07) is 12.9. The van der Waals surface area contributed by atoms with Crippen LogP contribution in [0.2, 0.25) is 10.0 Å². The standard InChI is InChI=1S/C22H19Cl2N3O/c1-21(2)13-9-10-22(21,20(28)27-17-11-12(23)7-8-14(17)24)19-18(13)25-15-5-3-4-6-16(15)26-19/h3-8,11,13H,9-10H2,1-2H3,(H,27,28). The third kappa shape index (κ3) is 2.22. The number of aromatic nitrogens is 2. The molecule has 2 unspecified atom stereocenters. The molecule has 4 nitrogen and oxygen atoms in total. The van der Waals surface area contributed by atoms with Gasteiger partial charge in [0.1, 0.15) is 0 Å². The predicted molar refractivity (Wildman–Crippen MR) is 112 cm³/mol. The number of nitrogens with one attached hydrogen (secondary N) is 1. The Balaban J connectivity index is 1.67. The number of halogens is 2. The van der Waals surface area contributed by atoms with Crippen LogP contribution in [0.1, 0.15) is 44.0 Å². The van der Waals surface area contributed by atoms with Gasteiger partial charge in [0.15, 0.2) is 0 Å². The zero-order chi connectivity index (χ0) is 19.7. The zero-order valence-electron chi connectivity index (χ0n) is 15.6. The van der Waals surface area contributed by atoms with Gasteiger partial charge in [0, 0.05) is 10.9 Å². The van der Waals surface area contributed by atoms with Gasteiger partial charge in [-0.05, 0) is 48.6 Å². The first kappa shape index (κ1) is 17.9. The van der Waals surface area contributed by atoms with E-state index < -0.39 is 5.41 Å². The van der Waals surface area contributed by atoms with Crippen LogP contribution in [0.15, 0.2) is 42.5 Å². The van der Waals surface area contributed by atoms with Crippen molar-refractivity contribution in [1.29, 1.82) is 0 Å². The molecular weight excluding hydrogens is 393 g/mol. The lowest BCUT2D eigenvalue weighted by atomic mass is 9.67. The molecule has 1 N–H and O–H groups in total. The monoisotopic (exact) mass is 411 g/mol. The minimum atomic E-state index is -0.740. The van der Waals surface area contributed by atoms with Crippen LogP contribution in [0, 0.1) is 5.41 Å². The first-order chi connectivity index (χ1) is 13.3. The van der Waals surface area contributed by atoms with Crippen molar-refractivity contribution >= 4 is 45.8 Å². The number of nitrogens with zero attached hydrogens (tertiary/aromatic N) is 2. The van der Waals surface area contributed by atoms with Crippen molar-refractivity contribution in [3.63, 3.8) is 0 Å². The first-order valence-electron chi connectivity index (χ1n) is 9.38. The van der Waals surface area contributed by atoms with Crippen LogP contribution in [0.5, 0.6) is 0 Å². The molecule has 0 aliphatic heterocycles. The number of rotatable bonds is 2. The van der Waals surface area contributed by atoms with E-state index in [-0.39, 0.29) is 17.2 Å². The Bertz CT molecular complexity index is 1140. The minimum absolute atomic E-state index is 0.0903. The normalized spacial score (nSPS) is 24.4. The lowest BCUT2D eigenvalue weighted by Gasteiger charge is -2.36. The van der Waals surface area contributed by atoms with Crippen LogP contribution in [-0.4, -0.2) is 15.9 Å². The van der Waals surface area contributed by atoms with E-state index >= 15 is 0 Å². The third-order valence-electron chi connectivity index (χ3n) is 6.68. The molecule has 0 radical (unpaired) electrons. The van der Waals surface area contributed by atoms with Gasteiger partial charge in [0.25, 0.3) is 0 Å². The quantitative estimate of drug-likeness (QED) is 0.585. The topological polar surface area (TPSA) is 54.9 Å².